The Morgan fingerprint density at radius 3 is 2.74 bits per heavy atom. The van der Waals surface area contributed by atoms with E-state index in [-0.39, 0.29) is 36.6 Å². The quantitative estimate of drug-likeness (QED) is 0.284. The van der Waals surface area contributed by atoms with Crippen LogP contribution in [-0.4, -0.2) is 81.8 Å². The number of phenols is 1. The molecule has 2 aromatic heterocycles. The maximum Gasteiger partial charge on any atom is 0.271 e. The number of carbonyl (C=O) groups is 1. The molecule has 0 saturated carbocycles. The average molecular weight is 613 g/mol. The maximum absolute atomic E-state index is 14.7. The molecule has 2 aliphatic heterocycles. The number of nitrogens with zero attached hydrogens (tertiary/aromatic N) is 5. The Labute approximate surface area is 250 Å². The zero-order valence-electron chi connectivity index (χ0n) is 23.6. The Morgan fingerprint density at radius 2 is 1.98 bits per heavy atom. The van der Waals surface area contributed by atoms with Crippen LogP contribution in [0.15, 0.2) is 59.6 Å². The number of thioether (sulfide) groups is 1. The SMILES string of the molecule is CO[C@H]1CN(Cc2ccc(F)c(O)c2)C[C@@H]1NC(=O)c1cnc2ccc(N3C[C@@H](F)C[C@@H]3c3cc(F)cc(SC)c3)nn12. The topological polar surface area (TPSA) is 95.2 Å². The summed E-state index contributed by atoms with van der Waals surface area (Å²) in [5, 5.41) is 17.4. The van der Waals surface area contributed by atoms with Gasteiger partial charge in [-0.3, -0.25) is 9.69 Å². The lowest BCUT2D eigenvalue weighted by Gasteiger charge is -2.26. The van der Waals surface area contributed by atoms with Crippen LogP contribution in [0.25, 0.3) is 5.65 Å². The lowest BCUT2D eigenvalue weighted by Crippen LogP contribution is -2.44. The summed E-state index contributed by atoms with van der Waals surface area (Å²) in [4.78, 5) is 22.4. The number of ether oxygens (including phenoxy) is 1. The fourth-order valence-electron chi connectivity index (χ4n) is 5.94. The smallest absolute Gasteiger partial charge is 0.271 e. The monoisotopic (exact) mass is 612 g/mol. The lowest BCUT2D eigenvalue weighted by atomic mass is 10.0. The van der Waals surface area contributed by atoms with Crippen molar-refractivity contribution in [1.29, 1.82) is 0 Å². The summed E-state index contributed by atoms with van der Waals surface area (Å²) in [6.07, 6.45) is 2.07. The minimum atomic E-state index is -1.12. The summed E-state index contributed by atoms with van der Waals surface area (Å²) < 4.78 is 49.6. The molecule has 4 atom stereocenters. The van der Waals surface area contributed by atoms with E-state index in [2.05, 4.69) is 15.4 Å². The van der Waals surface area contributed by atoms with Gasteiger partial charge in [-0.1, -0.05) is 6.07 Å². The molecule has 13 heteroatoms. The molecule has 2 aliphatic rings. The molecule has 2 saturated heterocycles. The number of alkyl halides is 1. The summed E-state index contributed by atoms with van der Waals surface area (Å²) >= 11 is 1.42. The van der Waals surface area contributed by atoms with Crippen molar-refractivity contribution < 1.29 is 27.8 Å². The first-order chi connectivity index (χ1) is 20.7. The summed E-state index contributed by atoms with van der Waals surface area (Å²) in [6, 6.07) is 11.6. The Kier molecular flexibility index (Phi) is 8.21. The molecule has 4 aromatic rings. The number of methoxy groups -OCH3 is 1. The number of likely N-dealkylation sites (tertiary alicyclic amines) is 1. The number of carbonyl (C=O) groups excluding carboxylic acids is 1. The minimum Gasteiger partial charge on any atom is -0.505 e. The molecule has 2 N–H and O–H groups in total. The second-order valence-corrected chi connectivity index (χ2v) is 11.7. The Hall–Kier alpha value is -3.81. The minimum absolute atomic E-state index is 0.0871. The van der Waals surface area contributed by atoms with E-state index in [0.717, 1.165) is 10.5 Å². The molecule has 9 nitrogen and oxygen atoms in total. The highest BCUT2D eigenvalue weighted by atomic mass is 32.2. The van der Waals surface area contributed by atoms with Crippen molar-refractivity contribution in [2.75, 3.05) is 37.9 Å². The first-order valence-corrected chi connectivity index (χ1v) is 15.1. The number of fused-ring (bicyclic) bond motifs is 1. The van der Waals surface area contributed by atoms with Gasteiger partial charge < -0.3 is 20.1 Å². The zero-order chi connectivity index (χ0) is 30.2. The van der Waals surface area contributed by atoms with Gasteiger partial charge in [-0.2, -0.15) is 0 Å². The molecule has 0 spiro atoms. The van der Waals surface area contributed by atoms with Crippen molar-refractivity contribution in [3.05, 3.63) is 83.2 Å². The van der Waals surface area contributed by atoms with Gasteiger partial charge in [-0.15, -0.1) is 16.9 Å². The van der Waals surface area contributed by atoms with Gasteiger partial charge in [-0.25, -0.2) is 22.7 Å². The van der Waals surface area contributed by atoms with Crippen LogP contribution in [0.4, 0.5) is 19.0 Å². The average Bonchev–Trinajstić information content (AvgIpc) is 3.70. The van der Waals surface area contributed by atoms with E-state index in [1.54, 1.807) is 30.2 Å². The summed E-state index contributed by atoms with van der Waals surface area (Å²) in [5.74, 6) is -1.42. The van der Waals surface area contributed by atoms with Crippen molar-refractivity contribution in [2.45, 2.75) is 42.2 Å². The van der Waals surface area contributed by atoms with E-state index in [4.69, 9.17) is 4.74 Å². The summed E-state index contributed by atoms with van der Waals surface area (Å²) in [6.45, 7) is 1.52. The van der Waals surface area contributed by atoms with E-state index in [0.29, 0.717) is 36.7 Å². The number of hydrogen-bond donors (Lipinski definition) is 2. The molecular formula is C30H31F3N6O3S. The number of halogens is 3. The molecule has 226 valence electrons. The number of aromatic nitrogens is 3. The molecule has 1 amide bonds. The highest BCUT2D eigenvalue weighted by Gasteiger charge is 2.36. The van der Waals surface area contributed by atoms with Crippen molar-refractivity contribution in [1.82, 2.24) is 24.8 Å². The molecule has 0 unspecified atom stereocenters. The van der Waals surface area contributed by atoms with E-state index in [1.807, 2.05) is 17.2 Å². The molecule has 0 aliphatic carbocycles. The lowest BCUT2D eigenvalue weighted by molar-refractivity contribution is 0.0755. The molecule has 2 fully saturated rings. The largest absolute Gasteiger partial charge is 0.505 e. The van der Waals surface area contributed by atoms with Crippen LogP contribution in [0, 0.1) is 11.6 Å². The Bertz CT molecular complexity index is 1650. The van der Waals surface area contributed by atoms with Gasteiger partial charge in [0, 0.05) is 38.1 Å². The van der Waals surface area contributed by atoms with Crippen LogP contribution < -0.4 is 10.2 Å². The fraction of sp³-hybridized carbons (Fsp3) is 0.367. The number of hydrogen-bond acceptors (Lipinski definition) is 8. The van der Waals surface area contributed by atoms with Gasteiger partial charge in [0.05, 0.1) is 30.9 Å². The van der Waals surface area contributed by atoms with Gasteiger partial charge in [0.2, 0.25) is 0 Å². The van der Waals surface area contributed by atoms with Gasteiger partial charge in [0.15, 0.2) is 22.9 Å². The number of amides is 1. The Balaban J connectivity index is 1.21. The number of phenolic OH excluding ortho intramolecular Hbond substituents is 1. The van der Waals surface area contributed by atoms with Crippen LogP contribution in [0.2, 0.25) is 0 Å². The first-order valence-electron chi connectivity index (χ1n) is 13.9. The number of anilines is 1. The molecule has 6 rings (SSSR count). The van der Waals surface area contributed by atoms with Crippen LogP contribution in [-0.2, 0) is 11.3 Å². The third-order valence-corrected chi connectivity index (χ3v) is 8.72. The molecule has 43 heavy (non-hydrogen) atoms. The summed E-state index contributed by atoms with van der Waals surface area (Å²) in [5.41, 5.74) is 2.06. The second-order valence-electron chi connectivity index (χ2n) is 10.9. The highest BCUT2D eigenvalue weighted by Crippen LogP contribution is 2.38. The number of aromatic hydroxyl groups is 1. The molecular weight excluding hydrogens is 581 g/mol. The van der Waals surface area contributed by atoms with E-state index >= 15 is 0 Å². The summed E-state index contributed by atoms with van der Waals surface area (Å²) in [7, 11) is 1.57. The third-order valence-electron chi connectivity index (χ3n) is 8.02. The molecule has 4 heterocycles. The predicted octanol–water partition coefficient (Wildman–Crippen LogP) is 4.35. The predicted molar refractivity (Wildman–Crippen MR) is 156 cm³/mol. The molecule has 0 radical (unpaired) electrons. The van der Waals surface area contributed by atoms with Gasteiger partial charge in [-0.05, 0) is 59.8 Å². The fourth-order valence-corrected chi connectivity index (χ4v) is 6.42. The van der Waals surface area contributed by atoms with Gasteiger partial charge in [0.25, 0.3) is 5.91 Å². The van der Waals surface area contributed by atoms with Crippen molar-refractivity contribution in [3.63, 3.8) is 0 Å². The zero-order valence-corrected chi connectivity index (χ0v) is 24.4. The normalized spacial score (nSPS) is 22.5. The highest BCUT2D eigenvalue weighted by molar-refractivity contribution is 7.98. The first kappa shape index (κ1) is 29.3. The van der Waals surface area contributed by atoms with E-state index in [1.165, 1.54) is 46.7 Å². The van der Waals surface area contributed by atoms with E-state index < -0.39 is 29.7 Å². The number of rotatable bonds is 8. The number of nitrogens with one attached hydrogen (secondary N) is 1. The standard InChI is InChI=1S/C30H31F3N6O3S/c1-42-27-16-37(13-17-3-4-22(33)26(40)7-17)15-23(27)35-30(41)25-12-34-28-5-6-29(36-39(25)28)38-14-20(32)11-24(38)18-8-19(31)10-21(9-18)43-2/h3-10,12,20,23-24,27,40H,11,13-16H2,1-2H3,(H,35,41)/t20-,23-,24+,27-/m0/s1. The van der Waals surface area contributed by atoms with E-state index in [9.17, 15) is 23.1 Å². The molecule has 2 aromatic carbocycles. The number of imidazole rings is 1. The third kappa shape index (κ3) is 6.01. The van der Waals surface area contributed by atoms with Crippen molar-refractivity contribution in [2.24, 2.45) is 0 Å². The molecule has 0 bridgehead atoms. The van der Waals surface area contributed by atoms with Crippen LogP contribution in [0.5, 0.6) is 5.75 Å². The maximum atomic E-state index is 14.7. The number of benzene rings is 2. The second kappa shape index (κ2) is 12.1. The van der Waals surface area contributed by atoms with Crippen LogP contribution >= 0.6 is 11.8 Å². The van der Waals surface area contributed by atoms with Gasteiger partial charge >= 0.3 is 0 Å². The van der Waals surface area contributed by atoms with Crippen LogP contribution in [0.1, 0.15) is 34.1 Å². The van der Waals surface area contributed by atoms with Crippen LogP contribution in [0.3, 0.4) is 0 Å². The van der Waals surface area contributed by atoms with Crippen molar-refractivity contribution in [3.8, 4) is 5.75 Å². The Morgan fingerprint density at radius 1 is 1.14 bits per heavy atom. The van der Waals surface area contributed by atoms with Gasteiger partial charge in [0.1, 0.15) is 17.8 Å². The van der Waals surface area contributed by atoms with Crippen molar-refractivity contribution >= 4 is 29.1 Å².